The Morgan fingerprint density at radius 1 is 1.14 bits per heavy atom. The number of carbonyl (C=O) groups is 1. The van der Waals surface area contributed by atoms with Crippen LogP contribution in [0.15, 0.2) is 67.0 Å². The fourth-order valence-electron chi connectivity index (χ4n) is 2.81. The molecule has 4 rings (SSSR count). The molecule has 0 spiro atoms. The lowest BCUT2D eigenvalue weighted by Crippen LogP contribution is -2.09. The number of nitrogens with zero attached hydrogens (tertiary/aromatic N) is 4. The molecule has 0 atom stereocenters. The van der Waals surface area contributed by atoms with E-state index in [1.54, 1.807) is 23.9 Å². The van der Waals surface area contributed by atoms with Crippen molar-refractivity contribution in [3.63, 3.8) is 0 Å². The van der Waals surface area contributed by atoms with Crippen LogP contribution < -0.4 is 0 Å². The molecule has 0 radical (unpaired) electrons. The first kappa shape index (κ1) is 19.9. The topological polar surface area (TPSA) is 100 Å². The third-order valence-electron chi connectivity index (χ3n) is 4.18. The number of ether oxygens (including phenoxy) is 1. The lowest BCUT2D eigenvalue weighted by molar-refractivity contribution is -0.384. The van der Waals surface area contributed by atoms with E-state index >= 15 is 0 Å². The number of hydrogen-bond donors (Lipinski definition) is 0. The molecule has 0 N–H and O–H groups in total. The molecule has 148 valence electrons. The van der Waals surface area contributed by atoms with Gasteiger partial charge < -0.3 is 4.74 Å². The van der Waals surface area contributed by atoms with Crippen LogP contribution >= 0.6 is 0 Å². The second-order valence-electron chi connectivity index (χ2n) is 6.12. The molecule has 2 aromatic heterocycles. The molecule has 2 aromatic carbocycles. The number of para-hydroxylation sites is 1. The fraction of sp³-hybridized carbons (Fsp3) is 0.190. The van der Waals surface area contributed by atoms with Gasteiger partial charge in [-0.05, 0) is 25.1 Å². The number of non-ortho nitro benzene ring substituents is 1. The Bertz CT molecular complexity index is 1070. The second kappa shape index (κ2) is 9.41. The molecule has 0 aliphatic carbocycles. The van der Waals surface area contributed by atoms with Crippen LogP contribution in [0.5, 0.6) is 0 Å². The number of fused-ring (bicyclic) bond motifs is 2. The number of carbonyl (C=O) groups excluding carboxylic acids is 1. The SMILES string of the molecule is CCOC(=O)CCn1ncc2cc([N+](=O)[O-])ccc21.c1ccc2ncccc2c1. The van der Waals surface area contributed by atoms with Gasteiger partial charge in [0.1, 0.15) is 0 Å². The number of rotatable bonds is 5. The Kier molecular flexibility index (Phi) is 6.47. The van der Waals surface area contributed by atoms with E-state index in [4.69, 9.17) is 4.74 Å². The zero-order valence-corrected chi connectivity index (χ0v) is 15.9. The molecule has 8 heteroatoms. The minimum Gasteiger partial charge on any atom is -0.466 e. The molecule has 2 heterocycles. The van der Waals surface area contributed by atoms with Crippen molar-refractivity contribution in [1.82, 2.24) is 14.8 Å². The van der Waals surface area contributed by atoms with Gasteiger partial charge in [0.15, 0.2) is 0 Å². The summed E-state index contributed by atoms with van der Waals surface area (Å²) in [6.45, 7) is 2.49. The van der Waals surface area contributed by atoms with Crippen molar-refractivity contribution in [2.75, 3.05) is 6.61 Å². The van der Waals surface area contributed by atoms with Crippen molar-refractivity contribution in [2.45, 2.75) is 19.9 Å². The van der Waals surface area contributed by atoms with Gasteiger partial charge in [-0.15, -0.1) is 0 Å². The van der Waals surface area contributed by atoms with E-state index in [1.807, 2.05) is 30.5 Å². The molecule has 0 bridgehead atoms. The van der Waals surface area contributed by atoms with Gasteiger partial charge in [-0.2, -0.15) is 5.10 Å². The lowest BCUT2D eigenvalue weighted by atomic mass is 10.2. The van der Waals surface area contributed by atoms with Crippen molar-refractivity contribution in [3.05, 3.63) is 77.1 Å². The smallest absolute Gasteiger partial charge is 0.307 e. The monoisotopic (exact) mass is 392 g/mol. The Labute approximate surface area is 166 Å². The summed E-state index contributed by atoms with van der Waals surface area (Å²) in [5, 5.41) is 16.6. The van der Waals surface area contributed by atoms with Crippen LogP contribution in [-0.2, 0) is 16.1 Å². The summed E-state index contributed by atoms with van der Waals surface area (Å²) in [7, 11) is 0. The highest BCUT2D eigenvalue weighted by Crippen LogP contribution is 2.20. The summed E-state index contributed by atoms with van der Waals surface area (Å²) in [5.41, 5.74) is 1.84. The minimum absolute atomic E-state index is 0.0254. The molecule has 0 amide bonds. The normalized spacial score (nSPS) is 10.4. The average molecular weight is 392 g/mol. The standard InChI is InChI=1S/C12H13N3O4.C9H7N/c1-2-19-12(16)5-6-14-11-4-3-10(15(17)18)7-9(11)8-13-14;1-2-6-9-8(4-1)5-3-7-10-9/h3-4,7-8H,2,5-6H2,1H3;1-7H. The Hall–Kier alpha value is -3.81. The minimum atomic E-state index is -0.449. The molecule has 0 fully saturated rings. The predicted octanol–water partition coefficient (Wildman–Crippen LogP) is 4.13. The quantitative estimate of drug-likeness (QED) is 0.288. The third kappa shape index (κ3) is 5.13. The molecule has 29 heavy (non-hydrogen) atoms. The van der Waals surface area contributed by atoms with Gasteiger partial charge >= 0.3 is 5.97 Å². The molecule has 0 saturated heterocycles. The number of hydrogen-bond acceptors (Lipinski definition) is 6. The van der Waals surface area contributed by atoms with E-state index in [2.05, 4.69) is 22.2 Å². The summed E-state index contributed by atoms with van der Waals surface area (Å²) in [5.74, 6) is -0.284. The zero-order valence-electron chi connectivity index (χ0n) is 15.9. The van der Waals surface area contributed by atoms with Crippen LogP contribution in [0, 0.1) is 10.1 Å². The molecular formula is C21H20N4O4. The number of aryl methyl sites for hydroxylation is 1. The maximum absolute atomic E-state index is 11.3. The largest absolute Gasteiger partial charge is 0.466 e. The van der Waals surface area contributed by atoms with Gasteiger partial charge in [0.2, 0.25) is 0 Å². The van der Waals surface area contributed by atoms with Crippen LogP contribution in [0.25, 0.3) is 21.8 Å². The Balaban J connectivity index is 0.000000200. The van der Waals surface area contributed by atoms with Crippen molar-refractivity contribution < 1.29 is 14.5 Å². The maximum Gasteiger partial charge on any atom is 0.307 e. The number of benzene rings is 2. The van der Waals surface area contributed by atoms with Crippen LogP contribution in [0.1, 0.15) is 13.3 Å². The van der Waals surface area contributed by atoms with Gasteiger partial charge in [-0.1, -0.05) is 24.3 Å². The van der Waals surface area contributed by atoms with Gasteiger partial charge in [0.05, 0.1) is 41.7 Å². The van der Waals surface area contributed by atoms with Crippen LogP contribution in [0.3, 0.4) is 0 Å². The number of aromatic nitrogens is 3. The van der Waals surface area contributed by atoms with Gasteiger partial charge in [-0.3, -0.25) is 24.6 Å². The summed E-state index contributed by atoms with van der Waals surface area (Å²) in [4.78, 5) is 25.7. The predicted molar refractivity (Wildman–Crippen MR) is 109 cm³/mol. The maximum atomic E-state index is 11.3. The molecule has 8 nitrogen and oxygen atoms in total. The molecule has 0 saturated carbocycles. The molecule has 0 aliphatic heterocycles. The van der Waals surface area contributed by atoms with E-state index < -0.39 is 4.92 Å². The summed E-state index contributed by atoms with van der Waals surface area (Å²) in [6.07, 6.45) is 3.58. The number of nitro benzene ring substituents is 1. The van der Waals surface area contributed by atoms with Crippen molar-refractivity contribution in [3.8, 4) is 0 Å². The first-order chi connectivity index (χ1) is 14.1. The Morgan fingerprint density at radius 3 is 2.69 bits per heavy atom. The third-order valence-corrected chi connectivity index (χ3v) is 4.18. The highest BCUT2D eigenvalue weighted by Gasteiger charge is 2.10. The Morgan fingerprint density at radius 2 is 1.93 bits per heavy atom. The molecule has 0 unspecified atom stereocenters. The average Bonchev–Trinajstić information content (AvgIpc) is 3.15. The highest BCUT2D eigenvalue weighted by molar-refractivity contribution is 5.81. The lowest BCUT2D eigenvalue weighted by Gasteiger charge is -2.03. The van der Waals surface area contributed by atoms with Gasteiger partial charge in [0.25, 0.3) is 5.69 Å². The van der Waals surface area contributed by atoms with E-state index in [9.17, 15) is 14.9 Å². The van der Waals surface area contributed by atoms with Gasteiger partial charge in [-0.25, -0.2) is 0 Å². The van der Waals surface area contributed by atoms with E-state index in [1.165, 1.54) is 17.5 Å². The number of nitro groups is 1. The zero-order chi connectivity index (χ0) is 20.6. The van der Waals surface area contributed by atoms with Crippen LogP contribution in [0.4, 0.5) is 5.69 Å². The highest BCUT2D eigenvalue weighted by atomic mass is 16.6. The summed E-state index contributed by atoms with van der Waals surface area (Å²) >= 11 is 0. The second-order valence-corrected chi connectivity index (χ2v) is 6.12. The van der Waals surface area contributed by atoms with Crippen molar-refractivity contribution in [2.24, 2.45) is 0 Å². The first-order valence-corrected chi connectivity index (χ1v) is 9.14. The van der Waals surface area contributed by atoms with E-state index in [0.717, 1.165) is 11.0 Å². The van der Waals surface area contributed by atoms with E-state index in [-0.39, 0.29) is 18.1 Å². The summed E-state index contributed by atoms with van der Waals surface area (Å²) < 4.78 is 6.47. The summed E-state index contributed by atoms with van der Waals surface area (Å²) in [6, 6.07) is 16.6. The van der Waals surface area contributed by atoms with Crippen molar-refractivity contribution in [1.29, 1.82) is 0 Å². The van der Waals surface area contributed by atoms with E-state index in [0.29, 0.717) is 18.5 Å². The molecule has 0 aliphatic rings. The number of esters is 1. The van der Waals surface area contributed by atoms with Crippen LogP contribution in [-0.4, -0.2) is 32.3 Å². The van der Waals surface area contributed by atoms with Crippen molar-refractivity contribution >= 4 is 33.5 Å². The first-order valence-electron chi connectivity index (χ1n) is 9.14. The molecular weight excluding hydrogens is 372 g/mol. The number of pyridine rings is 1. The van der Waals surface area contributed by atoms with Gasteiger partial charge in [0, 0.05) is 29.1 Å². The fourth-order valence-corrected chi connectivity index (χ4v) is 2.81. The van der Waals surface area contributed by atoms with Crippen LogP contribution in [0.2, 0.25) is 0 Å². The molecule has 4 aromatic rings.